The molecule has 3 rings (SSSR count). The molecular weight excluding hydrogens is 511 g/mol. The van der Waals surface area contributed by atoms with E-state index in [0.717, 1.165) is 22.6 Å². The van der Waals surface area contributed by atoms with Crippen LogP contribution in [0.15, 0.2) is 41.5 Å². The van der Waals surface area contributed by atoms with Gasteiger partial charge in [0.1, 0.15) is 12.2 Å². The number of rotatable bonds is 7. The number of aromatic nitrogens is 5. The van der Waals surface area contributed by atoms with E-state index in [0.29, 0.717) is 24.7 Å². The predicted octanol–water partition coefficient (Wildman–Crippen LogP) is 1.74. The Balaban J connectivity index is 0.00000341. The smallest absolute Gasteiger partial charge is 0.327 e. The summed E-state index contributed by atoms with van der Waals surface area (Å²) in [6.45, 7) is 5.04. The Bertz CT molecular complexity index is 1040. The molecule has 0 aliphatic carbocycles. The maximum absolute atomic E-state index is 11.3. The van der Waals surface area contributed by atoms with Gasteiger partial charge in [0.2, 0.25) is 0 Å². The number of ether oxygens (including phenoxy) is 1. The first-order valence-corrected chi connectivity index (χ1v) is 9.52. The van der Waals surface area contributed by atoms with Gasteiger partial charge >= 0.3 is 5.97 Å². The van der Waals surface area contributed by atoms with Crippen molar-refractivity contribution in [3.8, 4) is 5.69 Å². The van der Waals surface area contributed by atoms with Gasteiger partial charge in [0.05, 0.1) is 31.2 Å². The van der Waals surface area contributed by atoms with Crippen molar-refractivity contribution in [2.45, 2.75) is 33.5 Å². The van der Waals surface area contributed by atoms with Crippen molar-refractivity contribution < 1.29 is 9.53 Å². The summed E-state index contributed by atoms with van der Waals surface area (Å²) in [5.41, 5.74) is 4.86. The number of aliphatic imine (C=N–C) groups is 1. The Morgan fingerprint density at radius 2 is 1.94 bits per heavy atom. The second kappa shape index (κ2) is 11.4. The highest BCUT2D eigenvalue weighted by Crippen LogP contribution is 2.16. The Morgan fingerprint density at radius 1 is 1.19 bits per heavy atom. The molecule has 3 aromatic rings. The van der Waals surface area contributed by atoms with Crippen LogP contribution in [0.5, 0.6) is 0 Å². The quantitative estimate of drug-likeness (QED) is 0.204. The van der Waals surface area contributed by atoms with Crippen molar-refractivity contribution in [2.75, 3.05) is 14.2 Å². The van der Waals surface area contributed by atoms with Crippen LogP contribution in [0.1, 0.15) is 22.6 Å². The van der Waals surface area contributed by atoms with Crippen molar-refractivity contribution in [1.29, 1.82) is 0 Å². The zero-order valence-electron chi connectivity index (χ0n) is 18.0. The van der Waals surface area contributed by atoms with Gasteiger partial charge in [-0.05, 0) is 31.5 Å². The number of esters is 1. The Kier molecular flexibility index (Phi) is 8.97. The number of halogens is 1. The van der Waals surface area contributed by atoms with Crippen LogP contribution in [0.4, 0.5) is 0 Å². The molecule has 0 saturated carbocycles. The molecule has 31 heavy (non-hydrogen) atoms. The summed E-state index contributed by atoms with van der Waals surface area (Å²) in [6, 6.07) is 10.2. The maximum atomic E-state index is 11.3. The molecule has 0 aliphatic heterocycles. The fourth-order valence-corrected chi connectivity index (χ4v) is 3.01. The van der Waals surface area contributed by atoms with E-state index in [1.165, 1.54) is 11.8 Å². The Labute approximate surface area is 198 Å². The molecule has 166 valence electrons. The number of nitrogens with zero attached hydrogens (tertiary/aromatic N) is 6. The van der Waals surface area contributed by atoms with Gasteiger partial charge in [-0.1, -0.05) is 23.4 Å². The van der Waals surface area contributed by atoms with Crippen LogP contribution in [-0.2, 0) is 29.2 Å². The summed E-state index contributed by atoms with van der Waals surface area (Å²) in [4.78, 5) is 15.6. The number of hydrogen-bond donors (Lipinski definition) is 2. The highest BCUT2D eigenvalue weighted by molar-refractivity contribution is 14.0. The first kappa shape index (κ1) is 24.3. The molecule has 0 aliphatic rings. The SMILES string of the molecule is CN=C(NCc1cn(CC(=O)OC)nn1)NCc1ccccc1-n1nc(C)cc1C.I. The number of para-hydroxylation sites is 1. The molecule has 10 nitrogen and oxygen atoms in total. The Morgan fingerprint density at radius 3 is 2.61 bits per heavy atom. The van der Waals surface area contributed by atoms with Crippen LogP contribution in [0, 0.1) is 13.8 Å². The van der Waals surface area contributed by atoms with Crippen molar-refractivity contribution in [2.24, 2.45) is 4.99 Å². The molecule has 2 heterocycles. The van der Waals surface area contributed by atoms with Crippen LogP contribution in [-0.4, -0.2) is 50.9 Å². The average Bonchev–Trinajstić information content (AvgIpc) is 3.33. The number of carbonyl (C=O) groups is 1. The van der Waals surface area contributed by atoms with Crippen LogP contribution in [0.25, 0.3) is 5.69 Å². The standard InChI is InChI=1S/C20H26N8O2.HI/c1-14-9-15(2)28(25-14)18-8-6-5-7-16(18)10-22-20(21-3)23-11-17-12-27(26-24-17)13-19(29)30-4;/h5-9,12H,10-11,13H2,1-4H3,(H2,21,22,23);1H. The van der Waals surface area contributed by atoms with E-state index < -0.39 is 0 Å². The topological polar surface area (TPSA) is 111 Å². The first-order chi connectivity index (χ1) is 14.5. The van der Waals surface area contributed by atoms with Gasteiger partial charge in [0.25, 0.3) is 0 Å². The summed E-state index contributed by atoms with van der Waals surface area (Å²) < 4.78 is 8.01. The third-order valence-electron chi connectivity index (χ3n) is 4.44. The monoisotopic (exact) mass is 538 g/mol. The van der Waals surface area contributed by atoms with E-state index in [9.17, 15) is 4.79 Å². The van der Waals surface area contributed by atoms with Gasteiger partial charge in [0.15, 0.2) is 5.96 Å². The number of guanidine groups is 1. The van der Waals surface area contributed by atoms with E-state index in [1.807, 2.05) is 36.7 Å². The fraction of sp³-hybridized carbons (Fsp3) is 0.350. The number of aryl methyl sites for hydroxylation is 2. The molecule has 2 aromatic heterocycles. The molecule has 0 unspecified atom stereocenters. The highest BCUT2D eigenvalue weighted by Gasteiger charge is 2.10. The second-order valence-corrected chi connectivity index (χ2v) is 6.73. The average molecular weight is 538 g/mol. The molecule has 1 aromatic carbocycles. The molecule has 0 atom stereocenters. The number of benzene rings is 1. The summed E-state index contributed by atoms with van der Waals surface area (Å²) in [5, 5.41) is 19.0. The summed E-state index contributed by atoms with van der Waals surface area (Å²) >= 11 is 0. The third-order valence-corrected chi connectivity index (χ3v) is 4.44. The minimum Gasteiger partial charge on any atom is -0.468 e. The number of nitrogens with one attached hydrogen (secondary N) is 2. The summed E-state index contributed by atoms with van der Waals surface area (Å²) in [6.07, 6.45) is 1.69. The van der Waals surface area contributed by atoms with Crippen LogP contribution < -0.4 is 10.6 Å². The van der Waals surface area contributed by atoms with Crippen molar-refractivity contribution >= 4 is 35.9 Å². The van der Waals surface area contributed by atoms with E-state index >= 15 is 0 Å². The molecule has 0 amide bonds. The summed E-state index contributed by atoms with van der Waals surface area (Å²) in [7, 11) is 3.04. The van der Waals surface area contributed by atoms with E-state index in [2.05, 4.69) is 47.9 Å². The van der Waals surface area contributed by atoms with Crippen molar-refractivity contribution in [1.82, 2.24) is 35.4 Å². The lowest BCUT2D eigenvalue weighted by atomic mass is 10.1. The molecule has 0 bridgehead atoms. The minimum atomic E-state index is -0.377. The fourth-order valence-electron chi connectivity index (χ4n) is 3.01. The van der Waals surface area contributed by atoms with E-state index in [1.54, 1.807) is 13.2 Å². The lowest BCUT2D eigenvalue weighted by Crippen LogP contribution is -2.36. The lowest BCUT2D eigenvalue weighted by Gasteiger charge is -2.14. The van der Waals surface area contributed by atoms with Crippen LogP contribution in [0.2, 0.25) is 0 Å². The van der Waals surface area contributed by atoms with Gasteiger partial charge in [-0.15, -0.1) is 29.1 Å². The molecule has 0 fully saturated rings. The predicted molar refractivity (Wildman–Crippen MR) is 128 cm³/mol. The van der Waals surface area contributed by atoms with Gasteiger partial charge in [-0.3, -0.25) is 9.79 Å². The largest absolute Gasteiger partial charge is 0.468 e. The van der Waals surface area contributed by atoms with Crippen molar-refractivity contribution in [3.63, 3.8) is 0 Å². The minimum absolute atomic E-state index is 0. The second-order valence-electron chi connectivity index (χ2n) is 6.73. The number of carbonyl (C=O) groups excluding carboxylic acids is 1. The zero-order chi connectivity index (χ0) is 21.5. The summed E-state index contributed by atoms with van der Waals surface area (Å²) in [5.74, 6) is 0.249. The van der Waals surface area contributed by atoms with Gasteiger partial charge in [0, 0.05) is 19.3 Å². The number of methoxy groups -OCH3 is 1. The molecule has 2 N–H and O–H groups in total. The molecular formula is C20H27IN8O2. The normalized spacial score (nSPS) is 11.0. The van der Waals surface area contributed by atoms with Crippen LogP contribution >= 0.6 is 24.0 Å². The Hall–Kier alpha value is -2.96. The number of hydrogen-bond acceptors (Lipinski definition) is 6. The van der Waals surface area contributed by atoms with E-state index in [4.69, 9.17) is 0 Å². The van der Waals surface area contributed by atoms with Gasteiger partial charge < -0.3 is 15.4 Å². The first-order valence-electron chi connectivity index (χ1n) is 9.52. The highest BCUT2D eigenvalue weighted by atomic mass is 127. The zero-order valence-corrected chi connectivity index (χ0v) is 20.3. The lowest BCUT2D eigenvalue weighted by molar-refractivity contribution is -0.141. The molecule has 0 spiro atoms. The van der Waals surface area contributed by atoms with Gasteiger partial charge in [-0.25, -0.2) is 9.36 Å². The van der Waals surface area contributed by atoms with E-state index in [-0.39, 0.29) is 36.5 Å². The molecule has 11 heteroatoms. The van der Waals surface area contributed by atoms with Gasteiger partial charge in [-0.2, -0.15) is 5.10 Å². The third kappa shape index (κ3) is 6.51. The molecule has 0 radical (unpaired) electrons. The van der Waals surface area contributed by atoms with Crippen molar-refractivity contribution in [3.05, 3.63) is 59.2 Å². The molecule has 0 saturated heterocycles. The maximum Gasteiger partial charge on any atom is 0.327 e. The van der Waals surface area contributed by atoms with Crippen LogP contribution in [0.3, 0.4) is 0 Å².